The summed E-state index contributed by atoms with van der Waals surface area (Å²) in [4.78, 5) is 13.6. The van der Waals surface area contributed by atoms with Gasteiger partial charge in [-0.2, -0.15) is 0 Å². The number of carbonyl (C=O) groups is 1. The molecule has 2 heterocycles. The maximum Gasteiger partial charge on any atom is 0.263 e. The van der Waals surface area contributed by atoms with Gasteiger partial charge in [-0.1, -0.05) is 0 Å². The van der Waals surface area contributed by atoms with Crippen LogP contribution in [0, 0.1) is 0 Å². The van der Waals surface area contributed by atoms with Crippen LogP contribution in [-0.2, 0) is 14.3 Å². The molecule has 0 bridgehead atoms. The van der Waals surface area contributed by atoms with Crippen LogP contribution in [0.2, 0.25) is 0 Å². The van der Waals surface area contributed by atoms with Crippen LogP contribution in [0.25, 0.3) is 0 Å². The standard InChI is InChI=1S/C13H25N3O3/c1-16(8-10-4-2-3-7-18-10)9-11-5-6-12(19-11)13(17)15-14/h10-12H,2-9,14H2,1H3,(H,15,17). The fourth-order valence-electron chi connectivity index (χ4n) is 2.85. The van der Waals surface area contributed by atoms with Gasteiger partial charge in [-0.25, -0.2) is 5.84 Å². The Morgan fingerprint density at radius 1 is 1.26 bits per heavy atom. The van der Waals surface area contributed by atoms with Gasteiger partial charge in [0.05, 0.1) is 12.2 Å². The van der Waals surface area contributed by atoms with Gasteiger partial charge < -0.3 is 14.4 Å². The molecule has 2 fully saturated rings. The third kappa shape index (κ3) is 4.42. The largest absolute Gasteiger partial charge is 0.377 e. The van der Waals surface area contributed by atoms with E-state index in [1.807, 2.05) is 0 Å². The fraction of sp³-hybridized carbons (Fsp3) is 0.923. The number of hydrogen-bond donors (Lipinski definition) is 2. The zero-order valence-corrected chi connectivity index (χ0v) is 11.6. The molecule has 1 amide bonds. The van der Waals surface area contributed by atoms with Crippen molar-refractivity contribution in [3.63, 3.8) is 0 Å². The number of likely N-dealkylation sites (N-methyl/N-ethyl adjacent to an activating group) is 1. The van der Waals surface area contributed by atoms with Crippen LogP contribution in [-0.4, -0.2) is 55.9 Å². The lowest BCUT2D eigenvalue weighted by atomic mass is 10.1. The molecule has 6 nitrogen and oxygen atoms in total. The fourth-order valence-corrected chi connectivity index (χ4v) is 2.85. The summed E-state index contributed by atoms with van der Waals surface area (Å²) >= 11 is 0. The highest BCUT2D eigenvalue weighted by molar-refractivity contribution is 5.80. The lowest BCUT2D eigenvalue weighted by Gasteiger charge is -2.28. The molecule has 0 aromatic rings. The second-order valence-electron chi connectivity index (χ2n) is 5.54. The van der Waals surface area contributed by atoms with E-state index in [1.54, 1.807) is 0 Å². The van der Waals surface area contributed by atoms with Gasteiger partial charge in [-0.05, 0) is 39.2 Å². The highest BCUT2D eigenvalue weighted by Gasteiger charge is 2.31. The quantitative estimate of drug-likeness (QED) is 0.419. The highest BCUT2D eigenvalue weighted by Crippen LogP contribution is 2.21. The van der Waals surface area contributed by atoms with E-state index in [1.165, 1.54) is 12.8 Å². The van der Waals surface area contributed by atoms with Crippen molar-refractivity contribution >= 4 is 5.91 Å². The van der Waals surface area contributed by atoms with E-state index < -0.39 is 0 Å². The molecule has 0 radical (unpaired) electrons. The Bertz CT molecular complexity index is 295. The minimum absolute atomic E-state index is 0.121. The number of nitrogens with one attached hydrogen (secondary N) is 1. The van der Waals surface area contributed by atoms with Crippen LogP contribution in [0.5, 0.6) is 0 Å². The topological polar surface area (TPSA) is 76.8 Å². The van der Waals surface area contributed by atoms with E-state index in [0.29, 0.717) is 6.10 Å². The SMILES string of the molecule is CN(CC1CCCCO1)CC1CCC(C(=O)NN)O1. The maximum absolute atomic E-state index is 11.4. The van der Waals surface area contributed by atoms with E-state index in [0.717, 1.165) is 39.0 Å². The van der Waals surface area contributed by atoms with Crippen molar-refractivity contribution in [3.05, 3.63) is 0 Å². The summed E-state index contributed by atoms with van der Waals surface area (Å²) in [7, 11) is 2.08. The number of hydrogen-bond acceptors (Lipinski definition) is 5. The summed E-state index contributed by atoms with van der Waals surface area (Å²) in [6, 6.07) is 0. The molecule has 3 unspecified atom stereocenters. The first-order valence-electron chi connectivity index (χ1n) is 7.15. The number of rotatable bonds is 5. The minimum Gasteiger partial charge on any atom is -0.377 e. The zero-order valence-electron chi connectivity index (χ0n) is 11.6. The predicted octanol–water partition coefficient (Wildman–Crippen LogP) is 0.0248. The first-order valence-corrected chi connectivity index (χ1v) is 7.15. The van der Waals surface area contributed by atoms with E-state index >= 15 is 0 Å². The number of nitrogens with zero attached hydrogens (tertiary/aromatic N) is 1. The Balaban J connectivity index is 1.68. The first kappa shape index (κ1) is 14.7. The monoisotopic (exact) mass is 271 g/mol. The van der Waals surface area contributed by atoms with Gasteiger partial charge >= 0.3 is 0 Å². The molecule has 0 aliphatic carbocycles. The number of hydrazine groups is 1. The molecule has 0 saturated carbocycles. The molecule has 110 valence electrons. The van der Waals surface area contributed by atoms with Gasteiger partial charge in [0.15, 0.2) is 0 Å². The molecule has 3 N–H and O–H groups in total. The van der Waals surface area contributed by atoms with Crippen LogP contribution in [0.3, 0.4) is 0 Å². The number of amides is 1. The van der Waals surface area contributed by atoms with Crippen LogP contribution in [0.4, 0.5) is 0 Å². The van der Waals surface area contributed by atoms with E-state index in [2.05, 4.69) is 17.4 Å². The van der Waals surface area contributed by atoms with Crippen molar-refractivity contribution in [1.82, 2.24) is 10.3 Å². The van der Waals surface area contributed by atoms with Gasteiger partial charge in [-0.15, -0.1) is 0 Å². The number of nitrogens with two attached hydrogens (primary N) is 1. The Morgan fingerprint density at radius 3 is 2.74 bits per heavy atom. The smallest absolute Gasteiger partial charge is 0.263 e. The van der Waals surface area contributed by atoms with Crippen molar-refractivity contribution in [1.29, 1.82) is 0 Å². The Kier molecular flexibility index (Phi) is 5.57. The molecule has 3 atom stereocenters. The van der Waals surface area contributed by atoms with Crippen LogP contribution < -0.4 is 11.3 Å². The Labute approximate surface area is 114 Å². The van der Waals surface area contributed by atoms with Gasteiger partial charge in [0.1, 0.15) is 6.10 Å². The molecule has 2 aliphatic rings. The molecule has 6 heteroatoms. The second-order valence-corrected chi connectivity index (χ2v) is 5.54. The maximum atomic E-state index is 11.4. The first-order chi connectivity index (χ1) is 9.19. The summed E-state index contributed by atoms with van der Waals surface area (Å²) in [5.74, 6) is 4.89. The number of carbonyl (C=O) groups excluding carboxylic acids is 1. The molecule has 19 heavy (non-hydrogen) atoms. The average molecular weight is 271 g/mol. The molecule has 2 aliphatic heterocycles. The summed E-state index contributed by atoms with van der Waals surface area (Å²) in [6.45, 7) is 2.67. The normalized spacial score (nSPS) is 31.6. The molecular weight excluding hydrogens is 246 g/mol. The van der Waals surface area contributed by atoms with Crippen molar-refractivity contribution in [2.24, 2.45) is 5.84 Å². The molecule has 2 rings (SSSR count). The highest BCUT2D eigenvalue weighted by atomic mass is 16.5. The van der Waals surface area contributed by atoms with Crippen LogP contribution in [0.15, 0.2) is 0 Å². The number of ether oxygens (including phenoxy) is 2. The predicted molar refractivity (Wildman–Crippen MR) is 71.3 cm³/mol. The van der Waals surface area contributed by atoms with Gasteiger partial charge in [0.25, 0.3) is 5.91 Å². The van der Waals surface area contributed by atoms with Gasteiger partial charge in [0.2, 0.25) is 0 Å². The molecular formula is C13H25N3O3. The molecule has 0 spiro atoms. The summed E-state index contributed by atoms with van der Waals surface area (Å²) in [5, 5.41) is 0. The summed E-state index contributed by atoms with van der Waals surface area (Å²) in [6.07, 6.45) is 5.34. The zero-order chi connectivity index (χ0) is 13.7. The molecule has 2 saturated heterocycles. The van der Waals surface area contributed by atoms with E-state index in [9.17, 15) is 4.79 Å². The lowest BCUT2D eigenvalue weighted by Crippen LogP contribution is -2.41. The lowest BCUT2D eigenvalue weighted by molar-refractivity contribution is -0.132. The minimum atomic E-state index is -0.380. The average Bonchev–Trinajstić information content (AvgIpc) is 2.87. The van der Waals surface area contributed by atoms with Crippen molar-refractivity contribution in [3.8, 4) is 0 Å². The van der Waals surface area contributed by atoms with Gasteiger partial charge in [-0.3, -0.25) is 10.2 Å². The van der Waals surface area contributed by atoms with Crippen molar-refractivity contribution in [2.45, 2.75) is 50.4 Å². The molecule has 0 aromatic carbocycles. The van der Waals surface area contributed by atoms with E-state index in [4.69, 9.17) is 15.3 Å². The van der Waals surface area contributed by atoms with E-state index in [-0.39, 0.29) is 18.1 Å². The third-order valence-electron chi connectivity index (χ3n) is 3.85. The summed E-state index contributed by atoms with van der Waals surface area (Å²) < 4.78 is 11.4. The van der Waals surface area contributed by atoms with Gasteiger partial charge in [0, 0.05) is 19.7 Å². The molecule has 0 aromatic heterocycles. The van der Waals surface area contributed by atoms with Crippen LogP contribution in [0.1, 0.15) is 32.1 Å². The second kappa shape index (κ2) is 7.19. The van der Waals surface area contributed by atoms with Crippen molar-refractivity contribution < 1.29 is 14.3 Å². The van der Waals surface area contributed by atoms with Crippen molar-refractivity contribution in [2.75, 3.05) is 26.7 Å². The van der Waals surface area contributed by atoms with Crippen LogP contribution >= 0.6 is 0 Å². The Hall–Kier alpha value is -0.690. The summed E-state index contributed by atoms with van der Waals surface area (Å²) in [5.41, 5.74) is 2.15. The third-order valence-corrected chi connectivity index (χ3v) is 3.85. The Morgan fingerprint density at radius 2 is 2.05 bits per heavy atom.